The van der Waals surface area contributed by atoms with Crippen molar-refractivity contribution in [3.05, 3.63) is 11.1 Å². The molecular weight excluding hydrogens is 340 g/mol. The number of ether oxygens (including phenoxy) is 1. The molecular formula is C23H34O4. The van der Waals surface area contributed by atoms with Crippen molar-refractivity contribution in [1.82, 2.24) is 0 Å². The number of ketones is 1. The number of Topliss-reactive ketones (excluding diaryl/α,β-unsaturated/α-hetero) is 1. The molecule has 0 aliphatic heterocycles. The second-order valence-electron chi connectivity index (χ2n) is 9.93. The molecule has 0 bridgehead atoms. The Labute approximate surface area is 162 Å². The van der Waals surface area contributed by atoms with Crippen LogP contribution in [0.25, 0.3) is 0 Å². The van der Waals surface area contributed by atoms with Crippen molar-refractivity contribution >= 4 is 11.8 Å². The molecule has 4 aliphatic rings. The molecule has 3 fully saturated rings. The maximum Gasteiger partial charge on any atom is 0.302 e. The maximum absolute atomic E-state index is 12.5. The summed E-state index contributed by atoms with van der Waals surface area (Å²) in [5, 5.41) is 11.1. The largest absolute Gasteiger partial charge is 0.462 e. The van der Waals surface area contributed by atoms with Gasteiger partial charge < -0.3 is 9.84 Å². The minimum absolute atomic E-state index is 0.0157. The molecule has 7 atom stereocenters. The van der Waals surface area contributed by atoms with Gasteiger partial charge in [0.05, 0.1) is 6.10 Å². The molecule has 0 radical (unpaired) electrons. The van der Waals surface area contributed by atoms with Gasteiger partial charge in [0.2, 0.25) is 0 Å². The van der Waals surface area contributed by atoms with Gasteiger partial charge in [0.25, 0.3) is 0 Å². The number of rotatable bonds is 2. The molecule has 0 unspecified atom stereocenters. The molecule has 4 aliphatic carbocycles. The summed E-state index contributed by atoms with van der Waals surface area (Å²) >= 11 is 0. The van der Waals surface area contributed by atoms with Gasteiger partial charge in [0.15, 0.2) is 5.78 Å². The summed E-state index contributed by atoms with van der Waals surface area (Å²) in [5.74, 6) is 1.55. The highest BCUT2D eigenvalue weighted by Crippen LogP contribution is 2.66. The average Bonchev–Trinajstić information content (AvgIpc) is 2.92. The normalized spacial score (nSPS) is 46.6. The van der Waals surface area contributed by atoms with E-state index in [1.807, 2.05) is 6.92 Å². The summed E-state index contributed by atoms with van der Waals surface area (Å²) in [6.45, 7) is 8.17. The van der Waals surface area contributed by atoms with Gasteiger partial charge in [-0.3, -0.25) is 9.59 Å². The van der Waals surface area contributed by atoms with Gasteiger partial charge in [-0.1, -0.05) is 20.8 Å². The molecule has 4 nitrogen and oxygen atoms in total. The average molecular weight is 375 g/mol. The number of aliphatic hydroxyl groups is 1. The molecule has 0 heterocycles. The molecule has 0 amide bonds. The lowest BCUT2D eigenvalue weighted by Gasteiger charge is -2.59. The predicted octanol–water partition coefficient (Wildman–Crippen LogP) is 4.20. The summed E-state index contributed by atoms with van der Waals surface area (Å²) in [4.78, 5) is 24.1. The Kier molecular flexibility index (Phi) is 4.57. The first-order valence-electron chi connectivity index (χ1n) is 10.8. The van der Waals surface area contributed by atoms with Crippen molar-refractivity contribution in [3.63, 3.8) is 0 Å². The van der Waals surface area contributed by atoms with Crippen LogP contribution < -0.4 is 0 Å². The van der Waals surface area contributed by atoms with E-state index in [0.29, 0.717) is 24.2 Å². The first kappa shape index (κ1) is 19.2. The number of hydrogen-bond donors (Lipinski definition) is 1. The van der Waals surface area contributed by atoms with E-state index in [9.17, 15) is 14.7 Å². The van der Waals surface area contributed by atoms with Crippen LogP contribution in [0.4, 0.5) is 0 Å². The van der Waals surface area contributed by atoms with Crippen molar-refractivity contribution < 1.29 is 19.4 Å². The number of fused-ring (bicyclic) bond motifs is 5. The molecule has 3 saturated carbocycles. The SMILES string of the molecule is CCC1=C2[C@H](O)C[C@H]3[C@@H]4CC[C@H](OC(C)=O)[C@@]4(C)CC[C@@H]3[C@@]2(C)CCC1=O. The Bertz CT molecular complexity index is 694. The third kappa shape index (κ3) is 2.66. The number of aliphatic hydroxyl groups excluding tert-OH is 1. The maximum atomic E-state index is 12.5. The summed E-state index contributed by atoms with van der Waals surface area (Å²) in [5.41, 5.74) is 1.96. The van der Waals surface area contributed by atoms with E-state index in [0.717, 1.165) is 56.1 Å². The molecule has 4 heteroatoms. The highest BCUT2D eigenvalue weighted by molar-refractivity contribution is 5.97. The lowest BCUT2D eigenvalue weighted by Crippen LogP contribution is -2.55. The Balaban J connectivity index is 1.70. The van der Waals surface area contributed by atoms with Gasteiger partial charge in [-0.15, -0.1) is 0 Å². The second-order valence-corrected chi connectivity index (χ2v) is 9.93. The molecule has 0 aromatic heterocycles. The van der Waals surface area contributed by atoms with Crippen molar-refractivity contribution in [3.8, 4) is 0 Å². The smallest absolute Gasteiger partial charge is 0.302 e. The van der Waals surface area contributed by atoms with E-state index in [-0.39, 0.29) is 28.7 Å². The summed E-state index contributed by atoms with van der Waals surface area (Å²) < 4.78 is 5.72. The van der Waals surface area contributed by atoms with Gasteiger partial charge in [-0.2, -0.15) is 0 Å². The van der Waals surface area contributed by atoms with Crippen LogP contribution in [0.5, 0.6) is 0 Å². The van der Waals surface area contributed by atoms with E-state index in [1.165, 1.54) is 6.92 Å². The first-order chi connectivity index (χ1) is 12.7. The van der Waals surface area contributed by atoms with Gasteiger partial charge in [-0.05, 0) is 79.3 Å². The predicted molar refractivity (Wildman–Crippen MR) is 103 cm³/mol. The summed E-state index contributed by atoms with van der Waals surface area (Å²) in [6.07, 6.45) is 6.71. The monoisotopic (exact) mass is 374 g/mol. The molecule has 0 aromatic rings. The zero-order valence-electron chi connectivity index (χ0n) is 17.2. The van der Waals surface area contributed by atoms with Crippen LogP contribution in [0.1, 0.15) is 79.1 Å². The number of esters is 1. The fraction of sp³-hybridized carbons (Fsp3) is 0.826. The lowest BCUT2D eigenvalue weighted by atomic mass is 9.46. The van der Waals surface area contributed by atoms with Gasteiger partial charge >= 0.3 is 5.97 Å². The summed E-state index contributed by atoms with van der Waals surface area (Å²) in [7, 11) is 0. The first-order valence-corrected chi connectivity index (χ1v) is 10.8. The van der Waals surface area contributed by atoms with Gasteiger partial charge in [0.1, 0.15) is 6.10 Å². The van der Waals surface area contributed by atoms with E-state index in [2.05, 4.69) is 13.8 Å². The van der Waals surface area contributed by atoms with Crippen LogP contribution in [0.15, 0.2) is 11.1 Å². The molecule has 4 rings (SSSR count). The Morgan fingerprint density at radius 3 is 2.59 bits per heavy atom. The van der Waals surface area contributed by atoms with Gasteiger partial charge in [-0.25, -0.2) is 0 Å². The van der Waals surface area contributed by atoms with Crippen LogP contribution in [0.3, 0.4) is 0 Å². The zero-order valence-corrected chi connectivity index (χ0v) is 17.2. The Hall–Kier alpha value is -1.16. The fourth-order valence-electron chi connectivity index (χ4n) is 7.64. The van der Waals surface area contributed by atoms with E-state index in [4.69, 9.17) is 4.74 Å². The molecule has 150 valence electrons. The minimum Gasteiger partial charge on any atom is -0.462 e. The Morgan fingerprint density at radius 2 is 1.93 bits per heavy atom. The van der Waals surface area contributed by atoms with Crippen LogP contribution in [-0.2, 0) is 14.3 Å². The number of hydrogen-bond acceptors (Lipinski definition) is 4. The Morgan fingerprint density at radius 1 is 1.19 bits per heavy atom. The van der Waals surface area contributed by atoms with Gasteiger partial charge in [0, 0.05) is 18.8 Å². The van der Waals surface area contributed by atoms with Crippen LogP contribution in [0.2, 0.25) is 0 Å². The molecule has 27 heavy (non-hydrogen) atoms. The molecule has 1 N–H and O–H groups in total. The number of carbonyl (C=O) groups excluding carboxylic acids is 2. The molecule has 0 saturated heterocycles. The van der Waals surface area contributed by atoms with Crippen LogP contribution >= 0.6 is 0 Å². The van der Waals surface area contributed by atoms with E-state index < -0.39 is 6.10 Å². The quantitative estimate of drug-likeness (QED) is 0.736. The standard InChI is InChI=1S/C23H34O4/c1-5-14-18(25)9-11-23(4)17-8-10-22(3)16(6-7-20(22)27-13(2)24)15(17)12-19(26)21(14)23/h15-17,19-20,26H,5-12H2,1-4H3/t15-,16-,17-,19+,20-,22-,23+/m0/s1. The van der Waals surface area contributed by atoms with Crippen LogP contribution in [-0.4, -0.2) is 29.1 Å². The lowest BCUT2D eigenvalue weighted by molar-refractivity contribution is -0.158. The second kappa shape index (κ2) is 6.43. The highest BCUT2D eigenvalue weighted by Gasteiger charge is 2.61. The van der Waals surface area contributed by atoms with Crippen molar-refractivity contribution in [2.75, 3.05) is 0 Å². The van der Waals surface area contributed by atoms with Crippen molar-refractivity contribution in [2.45, 2.75) is 91.3 Å². The zero-order chi connectivity index (χ0) is 19.6. The number of carbonyl (C=O) groups is 2. The van der Waals surface area contributed by atoms with Crippen molar-refractivity contribution in [1.29, 1.82) is 0 Å². The third-order valence-corrected chi connectivity index (χ3v) is 8.81. The fourth-order valence-corrected chi connectivity index (χ4v) is 7.64. The third-order valence-electron chi connectivity index (χ3n) is 8.81. The highest BCUT2D eigenvalue weighted by atomic mass is 16.5. The van der Waals surface area contributed by atoms with Crippen LogP contribution in [0, 0.1) is 28.6 Å². The van der Waals surface area contributed by atoms with E-state index in [1.54, 1.807) is 0 Å². The molecule has 0 spiro atoms. The summed E-state index contributed by atoms with van der Waals surface area (Å²) in [6, 6.07) is 0. The van der Waals surface area contributed by atoms with Crippen molar-refractivity contribution in [2.24, 2.45) is 28.6 Å². The topological polar surface area (TPSA) is 63.6 Å². The minimum atomic E-state index is -0.495. The van der Waals surface area contributed by atoms with E-state index >= 15 is 0 Å². The molecule has 0 aromatic carbocycles.